The molecule has 3 aliphatic heterocycles. The maximum atomic E-state index is 15.1. The van der Waals surface area contributed by atoms with Gasteiger partial charge in [0.25, 0.3) is 0 Å². The van der Waals surface area contributed by atoms with Crippen molar-refractivity contribution in [1.29, 1.82) is 0 Å². The van der Waals surface area contributed by atoms with E-state index in [2.05, 4.69) is 54.7 Å². The number of aliphatic hydroxyl groups is 1. The van der Waals surface area contributed by atoms with Gasteiger partial charge in [-0.3, -0.25) is 14.4 Å². The zero-order valence-electron chi connectivity index (χ0n) is 30.4. The molecule has 1 spiro atoms. The highest BCUT2D eigenvalue weighted by Gasteiger charge is 2.77. The Balaban J connectivity index is 1.77. The number of benzene rings is 1. The Kier molecular flexibility index (Phi) is 11.9. The lowest BCUT2D eigenvalue weighted by molar-refractivity contribution is -0.146. The predicted molar refractivity (Wildman–Crippen MR) is 196 cm³/mol. The molecule has 0 aromatic heterocycles. The summed E-state index contributed by atoms with van der Waals surface area (Å²) in [5.74, 6) is -0.682. The van der Waals surface area contributed by atoms with Crippen molar-refractivity contribution in [1.82, 2.24) is 9.80 Å². The minimum absolute atomic E-state index is 0.0249. The number of likely N-dealkylation sites (tertiary alicyclic amines) is 1. The Morgan fingerprint density at radius 2 is 1.67 bits per heavy atom. The van der Waals surface area contributed by atoms with Crippen LogP contribution in [0.15, 0.2) is 49.6 Å². The van der Waals surface area contributed by atoms with Crippen LogP contribution in [0.1, 0.15) is 93.4 Å². The lowest BCUT2D eigenvalue weighted by Crippen LogP contribution is -2.60. The summed E-state index contributed by atoms with van der Waals surface area (Å²) >= 11 is 1.72. The Bertz CT molecular complexity index is 1340. The summed E-state index contributed by atoms with van der Waals surface area (Å²) < 4.78 is 4.45. The second kappa shape index (κ2) is 15.0. The van der Waals surface area contributed by atoms with E-state index in [0.29, 0.717) is 39.1 Å². The summed E-state index contributed by atoms with van der Waals surface area (Å²) in [5.41, 5.74) is 0.222. The second-order valence-corrected chi connectivity index (χ2v) is 17.7. The summed E-state index contributed by atoms with van der Waals surface area (Å²) in [5, 5.41) is 9.32. The number of aliphatic hydroxyl groups excluding tert-OH is 1. The van der Waals surface area contributed by atoms with Crippen LogP contribution in [-0.2, 0) is 14.4 Å². The molecule has 48 heavy (non-hydrogen) atoms. The topological polar surface area (TPSA) is 90.4 Å². The fraction of sp³-hybridized carbons (Fsp3) is 0.667. The van der Waals surface area contributed by atoms with Gasteiger partial charge in [-0.1, -0.05) is 45.8 Å². The van der Waals surface area contributed by atoms with E-state index < -0.39 is 32.9 Å². The molecule has 3 saturated heterocycles. The Labute approximate surface area is 293 Å². The number of ether oxygens (including phenoxy) is 1. The molecule has 1 N–H and O–H groups in total. The highest BCUT2D eigenvalue weighted by Crippen LogP contribution is 2.72. The van der Waals surface area contributed by atoms with Gasteiger partial charge in [-0.25, -0.2) is 0 Å². The third-order valence-electron chi connectivity index (χ3n) is 10.4. The molecule has 1 aromatic rings. The molecule has 3 fully saturated rings. The minimum Gasteiger partial charge on any atom is -0.494 e. The van der Waals surface area contributed by atoms with Crippen molar-refractivity contribution in [3.8, 4) is 5.75 Å². The van der Waals surface area contributed by atoms with Gasteiger partial charge in [0.1, 0.15) is 11.8 Å². The Morgan fingerprint density at radius 1 is 1.02 bits per heavy atom. The van der Waals surface area contributed by atoms with Crippen LogP contribution in [0.2, 0.25) is 0 Å². The molecular weight excluding hydrogens is 623 g/mol. The highest BCUT2D eigenvalue weighted by atomic mass is 32.2. The maximum absolute atomic E-state index is 15.1. The van der Waals surface area contributed by atoms with Gasteiger partial charge in [0, 0.05) is 42.2 Å². The molecule has 3 heterocycles. The molecular formula is C39H59N3O5S. The number of hydrogen-bond acceptors (Lipinski definition) is 6. The summed E-state index contributed by atoms with van der Waals surface area (Å²) in [6.07, 6.45) is 8.91. The number of unbranched alkanes of at least 4 members (excludes halogenated alkanes) is 3. The fourth-order valence-electron chi connectivity index (χ4n) is 8.88. The van der Waals surface area contributed by atoms with E-state index in [4.69, 9.17) is 4.74 Å². The van der Waals surface area contributed by atoms with E-state index in [0.717, 1.165) is 43.5 Å². The van der Waals surface area contributed by atoms with Crippen molar-refractivity contribution < 1.29 is 24.2 Å². The molecule has 1 aromatic carbocycles. The smallest absolute Gasteiger partial charge is 0.247 e. The predicted octanol–water partition coefficient (Wildman–Crippen LogP) is 6.87. The number of hydrogen-bond donors (Lipinski definition) is 1. The van der Waals surface area contributed by atoms with Crippen LogP contribution in [-0.4, -0.2) is 86.6 Å². The van der Waals surface area contributed by atoms with Gasteiger partial charge in [-0.05, 0) is 89.5 Å². The zero-order valence-corrected chi connectivity index (χ0v) is 31.2. The standard InChI is InChI=1S/C39H59N3O5S/c1-10-23-40(28-17-19-29(20-18-28)47-12-3)33(44)30-31-34(45)41(25-15-13-14-16-26-43)32(39(31)22-21-38(30,9)48-39)35(46)42(24-11-2)37(7,8)27-36(4,5)6/h10-11,17-20,30-32,43H,1-2,12-16,21-27H2,3-9H3/t30-,31-,32?,38+,39?/m0/s1. The van der Waals surface area contributed by atoms with E-state index in [-0.39, 0.29) is 29.7 Å². The second-order valence-electron chi connectivity index (χ2n) is 15.8. The van der Waals surface area contributed by atoms with Crippen LogP contribution < -0.4 is 9.64 Å². The summed E-state index contributed by atoms with van der Waals surface area (Å²) in [6.45, 7) is 24.6. The first-order valence-electron chi connectivity index (χ1n) is 17.8. The number of carbonyl (C=O) groups excluding carboxylic acids is 3. The lowest BCUT2D eigenvalue weighted by Gasteiger charge is -2.46. The van der Waals surface area contributed by atoms with Crippen LogP contribution in [0.25, 0.3) is 0 Å². The lowest BCUT2D eigenvalue weighted by atomic mass is 9.66. The van der Waals surface area contributed by atoms with Crippen LogP contribution in [0.4, 0.5) is 5.69 Å². The number of carbonyl (C=O) groups is 3. The van der Waals surface area contributed by atoms with Crippen molar-refractivity contribution in [2.45, 2.75) is 114 Å². The Hall–Kier alpha value is -2.78. The van der Waals surface area contributed by atoms with Gasteiger partial charge in [-0.15, -0.1) is 24.9 Å². The first kappa shape index (κ1) is 38.0. The Morgan fingerprint density at radius 3 is 2.25 bits per heavy atom. The number of nitrogens with zero attached hydrogens (tertiary/aromatic N) is 3. The molecule has 266 valence electrons. The van der Waals surface area contributed by atoms with E-state index >= 15 is 4.79 Å². The third kappa shape index (κ3) is 7.37. The largest absolute Gasteiger partial charge is 0.494 e. The van der Waals surface area contributed by atoms with Gasteiger partial charge >= 0.3 is 0 Å². The van der Waals surface area contributed by atoms with E-state index in [9.17, 15) is 14.7 Å². The first-order chi connectivity index (χ1) is 22.6. The molecule has 0 aliphatic carbocycles. The van der Waals surface area contributed by atoms with Gasteiger partial charge in [0.05, 0.1) is 23.2 Å². The minimum atomic E-state index is -0.704. The SMILES string of the molecule is C=CCN(C(=O)[C@@H]1[C@H]2C(=O)N(CCCCCCO)C(C(=O)N(CC=C)C(C)(C)CC(C)(C)C)C23CC[C@@]1(C)S3)c1ccc(OCC)cc1. The molecule has 3 amide bonds. The van der Waals surface area contributed by atoms with Crippen molar-refractivity contribution in [2.24, 2.45) is 17.3 Å². The number of thioether (sulfide) groups is 1. The molecule has 3 aliphatic rings. The number of rotatable bonds is 17. The van der Waals surface area contributed by atoms with E-state index in [1.165, 1.54) is 0 Å². The fourth-order valence-corrected chi connectivity index (χ4v) is 11.2. The van der Waals surface area contributed by atoms with E-state index in [1.54, 1.807) is 28.8 Å². The van der Waals surface area contributed by atoms with Crippen molar-refractivity contribution in [3.05, 3.63) is 49.6 Å². The van der Waals surface area contributed by atoms with Crippen molar-refractivity contribution >= 4 is 35.2 Å². The number of amides is 3. The normalized spacial score (nSPS) is 26.4. The monoisotopic (exact) mass is 681 g/mol. The van der Waals surface area contributed by atoms with Crippen LogP contribution >= 0.6 is 11.8 Å². The molecule has 5 atom stereocenters. The molecule has 4 rings (SSSR count). The zero-order chi connectivity index (χ0) is 35.5. The third-order valence-corrected chi connectivity index (χ3v) is 12.4. The van der Waals surface area contributed by atoms with Gasteiger partial charge < -0.3 is 24.5 Å². The molecule has 0 saturated carbocycles. The maximum Gasteiger partial charge on any atom is 0.247 e. The molecule has 8 nitrogen and oxygen atoms in total. The van der Waals surface area contributed by atoms with E-state index in [1.807, 2.05) is 41.0 Å². The van der Waals surface area contributed by atoms with Gasteiger partial charge in [-0.2, -0.15) is 0 Å². The van der Waals surface area contributed by atoms with Gasteiger partial charge in [0.15, 0.2) is 0 Å². The highest BCUT2D eigenvalue weighted by molar-refractivity contribution is 8.02. The van der Waals surface area contributed by atoms with Crippen LogP contribution in [0.5, 0.6) is 5.75 Å². The van der Waals surface area contributed by atoms with Crippen LogP contribution in [0, 0.1) is 17.3 Å². The summed E-state index contributed by atoms with van der Waals surface area (Å²) in [4.78, 5) is 50.3. The summed E-state index contributed by atoms with van der Waals surface area (Å²) in [7, 11) is 0. The molecule has 0 radical (unpaired) electrons. The molecule has 2 unspecified atom stereocenters. The summed E-state index contributed by atoms with van der Waals surface area (Å²) in [6, 6.07) is 6.83. The first-order valence-corrected chi connectivity index (χ1v) is 18.6. The average Bonchev–Trinajstić information content (AvgIpc) is 3.58. The van der Waals surface area contributed by atoms with Crippen molar-refractivity contribution in [2.75, 3.05) is 37.7 Å². The molecule has 9 heteroatoms. The van der Waals surface area contributed by atoms with Crippen LogP contribution in [0.3, 0.4) is 0 Å². The van der Waals surface area contributed by atoms with Crippen molar-refractivity contribution in [3.63, 3.8) is 0 Å². The number of anilines is 1. The number of fused-ring (bicyclic) bond motifs is 1. The molecule has 2 bridgehead atoms. The quantitative estimate of drug-likeness (QED) is 0.143. The van der Waals surface area contributed by atoms with Gasteiger partial charge in [0.2, 0.25) is 17.7 Å². The average molecular weight is 682 g/mol.